The first kappa shape index (κ1) is 19.4. The van der Waals surface area contributed by atoms with E-state index in [-0.39, 0.29) is 17.3 Å². The second-order valence-corrected chi connectivity index (χ2v) is 9.73. The number of benzene rings is 2. The zero-order chi connectivity index (χ0) is 21.1. The van der Waals surface area contributed by atoms with Crippen LogP contribution in [0.3, 0.4) is 0 Å². The Morgan fingerprint density at radius 1 is 1.03 bits per heavy atom. The van der Waals surface area contributed by atoms with Gasteiger partial charge in [0.25, 0.3) is 0 Å². The van der Waals surface area contributed by atoms with Crippen LogP contribution in [0.1, 0.15) is 0 Å². The lowest BCUT2D eigenvalue weighted by Gasteiger charge is -2.29. The quantitative estimate of drug-likeness (QED) is 0.563. The van der Waals surface area contributed by atoms with E-state index in [4.69, 9.17) is 16.3 Å². The van der Waals surface area contributed by atoms with Crippen molar-refractivity contribution >= 4 is 39.1 Å². The predicted molar refractivity (Wildman–Crippen MR) is 109 cm³/mol. The van der Waals surface area contributed by atoms with E-state index in [0.717, 1.165) is 4.90 Å². The van der Waals surface area contributed by atoms with E-state index in [2.05, 4.69) is 4.72 Å². The summed E-state index contributed by atoms with van der Waals surface area (Å²) in [5.41, 5.74) is -0.770. The van der Waals surface area contributed by atoms with Crippen LogP contribution >= 0.6 is 11.6 Å². The van der Waals surface area contributed by atoms with Crippen molar-refractivity contribution in [1.29, 1.82) is 0 Å². The molecule has 30 heavy (non-hydrogen) atoms. The number of hydrogen-bond donors (Lipinski definition) is 1. The van der Waals surface area contributed by atoms with Crippen LogP contribution in [-0.2, 0) is 24.3 Å². The summed E-state index contributed by atoms with van der Waals surface area (Å²) in [7, 11) is -3.80. The number of anilines is 1. The van der Waals surface area contributed by atoms with Gasteiger partial charge in [-0.05, 0) is 36.4 Å². The molecule has 0 radical (unpaired) electrons. The molecule has 2 aromatic carbocycles. The van der Waals surface area contributed by atoms with Crippen LogP contribution in [-0.4, -0.2) is 38.5 Å². The molecule has 3 heterocycles. The lowest BCUT2D eigenvalue weighted by atomic mass is 9.77. The molecule has 2 aromatic rings. The average molecular weight is 445 g/mol. The number of carbonyl (C=O) groups is 2. The molecule has 0 saturated carbocycles. The molecule has 1 N–H and O–H groups in total. The Morgan fingerprint density at radius 2 is 1.73 bits per heavy atom. The normalized spacial score (nSPS) is 29.6. The second kappa shape index (κ2) is 6.75. The van der Waals surface area contributed by atoms with Crippen LogP contribution in [0.4, 0.5) is 5.69 Å². The summed E-state index contributed by atoms with van der Waals surface area (Å²) in [6, 6.07) is 14.4. The number of hydrogen-bond acceptors (Lipinski definition) is 5. The molecule has 0 spiro atoms. The Balaban J connectivity index is 1.43. The minimum atomic E-state index is -3.80. The Morgan fingerprint density at radius 3 is 2.43 bits per heavy atom. The largest absolute Gasteiger partial charge is 0.361 e. The van der Waals surface area contributed by atoms with Gasteiger partial charge in [-0.3, -0.25) is 9.59 Å². The molecule has 0 aromatic heterocycles. The van der Waals surface area contributed by atoms with Crippen LogP contribution in [0, 0.1) is 11.8 Å². The first-order chi connectivity index (χ1) is 14.3. The van der Waals surface area contributed by atoms with Crippen molar-refractivity contribution in [2.75, 3.05) is 11.4 Å². The SMILES string of the molecule is O=C1[C@H]2[C@H]3C=C[C@](CNS(=O)(=O)c4ccccc4)(O3)[C@H]2C(=O)N1c1ccc(Cl)cc1. The Labute approximate surface area is 178 Å². The molecule has 0 aliphatic carbocycles. The molecule has 154 valence electrons. The maximum absolute atomic E-state index is 13.3. The van der Waals surface area contributed by atoms with Gasteiger partial charge in [0.15, 0.2) is 0 Å². The van der Waals surface area contributed by atoms with E-state index in [9.17, 15) is 18.0 Å². The van der Waals surface area contributed by atoms with Gasteiger partial charge in [-0.2, -0.15) is 0 Å². The number of rotatable bonds is 5. The molecular weight excluding hydrogens is 428 g/mol. The third-order valence-corrected chi connectivity index (χ3v) is 7.50. The Bertz CT molecular complexity index is 1170. The number of imide groups is 1. The van der Waals surface area contributed by atoms with Gasteiger partial charge >= 0.3 is 0 Å². The van der Waals surface area contributed by atoms with E-state index in [0.29, 0.717) is 10.7 Å². The summed E-state index contributed by atoms with van der Waals surface area (Å²) >= 11 is 5.92. The fourth-order valence-corrected chi connectivity index (χ4v) is 5.67. The molecule has 4 atom stereocenters. The second-order valence-electron chi connectivity index (χ2n) is 7.53. The first-order valence-corrected chi connectivity index (χ1v) is 11.2. The highest BCUT2D eigenvalue weighted by molar-refractivity contribution is 7.89. The molecule has 2 amide bonds. The van der Waals surface area contributed by atoms with E-state index in [1.54, 1.807) is 54.6 Å². The topological polar surface area (TPSA) is 92.8 Å². The van der Waals surface area contributed by atoms with Gasteiger partial charge < -0.3 is 4.74 Å². The molecular formula is C21H17ClN2O5S. The molecule has 2 bridgehead atoms. The zero-order valence-corrected chi connectivity index (χ0v) is 17.1. The highest BCUT2D eigenvalue weighted by atomic mass is 35.5. The van der Waals surface area contributed by atoms with Crippen molar-refractivity contribution in [3.63, 3.8) is 0 Å². The minimum absolute atomic E-state index is 0.117. The lowest BCUT2D eigenvalue weighted by molar-refractivity contribution is -0.126. The van der Waals surface area contributed by atoms with Crippen LogP contribution in [0.5, 0.6) is 0 Å². The molecule has 3 aliphatic heterocycles. The number of fused-ring (bicyclic) bond motifs is 5. The van der Waals surface area contributed by atoms with Crippen molar-refractivity contribution in [2.45, 2.75) is 16.6 Å². The number of amides is 2. The van der Waals surface area contributed by atoms with E-state index < -0.39 is 39.5 Å². The molecule has 2 fully saturated rings. The number of ether oxygens (including phenoxy) is 1. The van der Waals surface area contributed by atoms with Crippen LogP contribution in [0.2, 0.25) is 5.02 Å². The lowest BCUT2D eigenvalue weighted by Crippen LogP contribution is -2.48. The highest BCUT2D eigenvalue weighted by Gasteiger charge is 2.67. The third kappa shape index (κ3) is 2.83. The third-order valence-electron chi connectivity index (χ3n) is 5.83. The van der Waals surface area contributed by atoms with Gasteiger partial charge in [-0.25, -0.2) is 18.0 Å². The summed E-state index contributed by atoms with van der Waals surface area (Å²) in [6.45, 7) is -0.147. The molecule has 7 nitrogen and oxygen atoms in total. The number of carbonyl (C=O) groups excluding carboxylic acids is 2. The molecule has 2 saturated heterocycles. The summed E-state index contributed by atoms with van der Waals surface area (Å²) in [5.74, 6) is -2.24. The first-order valence-electron chi connectivity index (χ1n) is 9.38. The van der Waals surface area contributed by atoms with Gasteiger partial charge in [0.2, 0.25) is 21.8 Å². The average Bonchev–Trinajstić information content (AvgIpc) is 3.39. The van der Waals surface area contributed by atoms with Crippen molar-refractivity contribution in [1.82, 2.24) is 4.72 Å². The molecule has 9 heteroatoms. The van der Waals surface area contributed by atoms with Crippen molar-refractivity contribution < 1.29 is 22.7 Å². The summed E-state index contributed by atoms with van der Waals surface area (Å²) in [4.78, 5) is 27.6. The van der Waals surface area contributed by atoms with Gasteiger partial charge in [0.1, 0.15) is 5.60 Å². The Kier molecular flexibility index (Phi) is 4.37. The van der Waals surface area contributed by atoms with Crippen molar-refractivity contribution in [2.24, 2.45) is 11.8 Å². The van der Waals surface area contributed by atoms with Gasteiger partial charge in [0.05, 0.1) is 28.5 Å². The minimum Gasteiger partial charge on any atom is -0.361 e. The fourth-order valence-electron chi connectivity index (χ4n) is 4.44. The predicted octanol–water partition coefficient (Wildman–Crippen LogP) is 2.13. The number of nitrogens with one attached hydrogen (secondary N) is 1. The molecule has 3 aliphatic rings. The van der Waals surface area contributed by atoms with Crippen molar-refractivity contribution in [3.05, 3.63) is 71.8 Å². The standard InChI is InChI=1S/C21H17ClN2O5S/c22-13-6-8-14(9-7-13)24-19(25)17-16-10-11-21(29-16,18(17)20(24)26)12-23-30(27,28)15-4-2-1-3-5-15/h1-11,16-18,23H,12H2/t16-,17+,18-,21-/m1/s1. The van der Waals surface area contributed by atoms with Crippen LogP contribution in [0.25, 0.3) is 0 Å². The summed E-state index contributed by atoms with van der Waals surface area (Å²) < 4.78 is 33.8. The summed E-state index contributed by atoms with van der Waals surface area (Å²) in [5, 5.41) is 0.495. The zero-order valence-electron chi connectivity index (χ0n) is 15.6. The van der Waals surface area contributed by atoms with Crippen molar-refractivity contribution in [3.8, 4) is 0 Å². The maximum atomic E-state index is 13.3. The van der Waals surface area contributed by atoms with Crippen LogP contribution < -0.4 is 9.62 Å². The maximum Gasteiger partial charge on any atom is 0.241 e. The Hall–Kier alpha value is -2.52. The molecule has 0 unspecified atom stereocenters. The van der Waals surface area contributed by atoms with E-state index in [1.807, 2.05) is 0 Å². The number of halogens is 1. The van der Waals surface area contributed by atoms with Gasteiger partial charge in [-0.1, -0.05) is 42.0 Å². The van der Waals surface area contributed by atoms with E-state index >= 15 is 0 Å². The number of sulfonamides is 1. The van der Waals surface area contributed by atoms with Gasteiger partial charge in [0, 0.05) is 11.6 Å². The smallest absolute Gasteiger partial charge is 0.241 e. The summed E-state index contributed by atoms with van der Waals surface area (Å²) in [6.07, 6.45) is 2.86. The molecule has 5 rings (SSSR count). The highest BCUT2D eigenvalue weighted by Crippen LogP contribution is 2.52. The fraction of sp³-hybridized carbons (Fsp3) is 0.238. The van der Waals surface area contributed by atoms with E-state index in [1.165, 1.54) is 12.1 Å². The monoisotopic (exact) mass is 444 g/mol. The number of nitrogens with zero attached hydrogens (tertiary/aromatic N) is 1. The van der Waals surface area contributed by atoms with Crippen LogP contribution in [0.15, 0.2) is 71.6 Å². The van der Waals surface area contributed by atoms with Gasteiger partial charge in [-0.15, -0.1) is 0 Å².